The second-order valence-electron chi connectivity index (χ2n) is 7.75. The summed E-state index contributed by atoms with van der Waals surface area (Å²) in [5.41, 5.74) is 0. The Balaban J connectivity index is 2.94. The molecule has 2 nitrogen and oxygen atoms in total. The van der Waals surface area contributed by atoms with Gasteiger partial charge in [-0.05, 0) is 13.0 Å². The average Bonchev–Trinajstić information content (AvgIpc) is 2.63. The fourth-order valence-electron chi connectivity index (χ4n) is 3.45. The normalized spacial score (nSPS) is 11.3. The average molecular weight is 356 g/mol. The number of hydrogen-bond donors (Lipinski definition) is 1. The molecule has 0 aromatic carbocycles. The summed E-state index contributed by atoms with van der Waals surface area (Å²) in [7, 11) is 1.76. The van der Waals surface area contributed by atoms with Gasteiger partial charge in [0, 0.05) is 13.7 Å². The molecular formula is C23H49NO. The van der Waals surface area contributed by atoms with Gasteiger partial charge < -0.3 is 10.1 Å². The Morgan fingerprint density at radius 1 is 0.480 bits per heavy atom. The van der Waals surface area contributed by atoms with Crippen molar-refractivity contribution in [1.82, 2.24) is 5.32 Å². The Labute approximate surface area is 159 Å². The van der Waals surface area contributed by atoms with Crippen LogP contribution in [-0.4, -0.2) is 26.8 Å². The third kappa shape index (κ3) is 23.9. The highest BCUT2D eigenvalue weighted by Crippen LogP contribution is 2.14. The van der Waals surface area contributed by atoms with Crippen LogP contribution in [0.3, 0.4) is 0 Å². The van der Waals surface area contributed by atoms with E-state index in [0.717, 1.165) is 19.7 Å². The van der Waals surface area contributed by atoms with Gasteiger partial charge in [0.1, 0.15) is 0 Å². The summed E-state index contributed by atoms with van der Waals surface area (Å²) < 4.78 is 5.02. The summed E-state index contributed by atoms with van der Waals surface area (Å²) >= 11 is 0. The molecule has 0 fully saturated rings. The highest BCUT2D eigenvalue weighted by molar-refractivity contribution is 4.51. The van der Waals surface area contributed by atoms with Gasteiger partial charge in [-0.1, -0.05) is 116 Å². The summed E-state index contributed by atoms with van der Waals surface area (Å²) in [6.07, 6.45) is 26.0. The van der Waals surface area contributed by atoms with E-state index in [1.54, 1.807) is 7.11 Å². The molecule has 0 unspecified atom stereocenters. The van der Waals surface area contributed by atoms with Crippen molar-refractivity contribution >= 4 is 0 Å². The van der Waals surface area contributed by atoms with Crippen LogP contribution in [0.15, 0.2) is 0 Å². The van der Waals surface area contributed by atoms with Gasteiger partial charge in [-0.25, -0.2) is 0 Å². The first-order chi connectivity index (χ1) is 12.4. The van der Waals surface area contributed by atoms with Crippen LogP contribution in [0.1, 0.15) is 122 Å². The highest BCUT2D eigenvalue weighted by atomic mass is 16.5. The molecule has 0 radical (unpaired) electrons. The maximum atomic E-state index is 5.02. The minimum absolute atomic E-state index is 0.832. The fraction of sp³-hybridized carbons (Fsp3) is 1.00. The molecule has 0 heterocycles. The van der Waals surface area contributed by atoms with Gasteiger partial charge >= 0.3 is 0 Å². The van der Waals surface area contributed by atoms with Gasteiger partial charge in [0.25, 0.3) is 0 Å². The molecule has 0 rings (SSSR count). The maximum Gasteiger partial charge on any atom is 0.0587 e. The zero-order valence-corrected chi connectivity index (χ0v) is 17.8. The number of methoxy groups -OCH3 is 1. The number of rotatable bonds is 22. The molecular weight excluding hydrogens is 306 g/mol. The molecule has 25 heavy (non-hydrogen) atoms. The van der Waals surface area contributed by atoms with E-state index in [9.17, 15) is 0 Å². The summed E-state index contributed by atoms with van der Waals surface area (Å²) in [5, 5.41) is 3.42. The molecule has 0 bridgehead atoms. The summed E-state index contributed by atoms with van der Waals surface area (Å²) in [6, 6.07) is 0. The first-order valence-corrected chi connectivity index (χ1v) is 11.6. The van der Waals surface area contributed by atoms with E-state index in [0.29, 0.717) is 0 Å². The molecule has 0 aromatic rings. The maximum absolute atomic E-state index is 5.02. The molecule has 0 aliphatic rings. The quantitative estimate of drug-likeness (QED) is 0.206. The van der Waals surface area contributed by atoms with E-state index >= 15 is 0 Å². The fourth-order valence-corrected chi connectivity index (χ4v) is 3.45. The number of nitrogens with one attached hydrogen (secondary N) is 1. The van der Waals surface area contributed by atoms with Crippen molar-refractivity contribution in [3.8, 4) is 0 Å². The van der Waals surface area contributed by atoms with Crippen molar-refractivity contribution in [2.24, 2.45) is 0 Å². The van der Waals surface area contributed by atoms with Crippen LogP contribution in [0.25, 0.3) is 0 Å². The molecule has 0 spiro atoms. The number of unbranched alkanes of at least 4 members (excludes halogenated alkanes) is 17. The van der Waals surface area contributed by atoms with Crippen LogP contribution in [0, 0.1) is 0 Å². The van der Waals surface area contributed by atoms with E-state index in [2.05, 4.69) is 12.2 Å². The van der Waals surface area contributed by atoms with Gasteiger partial charge in [0.2, 0.25) is 0 Å². The summed E-state index contributed by atoms with van der Waals surface area (Å²) in [4.78, 5) is 0. The van der Waals surface area contributed by atoms with Crippen molar-refractivity contribution in [2.75, 3.05) is 26.8 Å². The predicted molar refractivity (Wildman–Crippen MR) is 114 cm³/mol. The van der Waals surface area contributed by atoms with Crippen LogP contribution >= 0.6 is 0 Å². The van der Waals surface area contributed by atoms with Gasteiger partial charge in [0.05, 0.1) is 6.61 Å². The Hall–Kier alpha value is -0.0800. The standard InChI is InChI=1S/C23H49NO/c1-3-4-5-6-7-8-9-10-11-12-13-14-15-16-17-18-19-20-21-24-22-23-25-2/h24H,3-23H2,1-2H3. The number of ether oxygens (including phenoxy) is 1. The van der Waals surface area contributed by atoms with Gasteiger partial charge in [-0.3, -0.25) is 0 Å². The van der Waals surface area contributed by atoms with E-state index in [1.165, 1.54) is 116 Å². The van der Waals surface area contributed by atoms with E-state index in [1.807, 2.05) is 0 Å². The van der Waals surface area contributed by atoms with Crippen molar-refractivity contribution in [1.29, 1.82) is 0 Å². The zero-order valence-electron chi connectivity index (χ0n) is 17.8. The van der Waals surface area contributed by atoms with Crippen LogP contribution in [-0.2, 0) is 4.74 Å². The lowest BCUT2D eigenvalue weighted by atomic mass is 10.0. The third-order valence-electron chi connectivity index (χ3n) is 5.19. The van der Waals surface area contributed by atoms with Crippen molar-refractivity contribution in [2.45, 2.75) is 122 Å². The molecule has 152 valence electrons. The third-order valence-corrected chi connectivity index (χ3v) is 5.19. The molecule has 0 aliphatic carbocycles. The van der Waals surface area contributed by atoms with Crippen LogP contribution in [0.5, 0.6) is 0 Å². The lowest BCUT2D eigenvalue weighted by Gasteiger charge is -2.05. The van der Waals surface area contributed by atoms with E-state index in [4.69, 9.17) is 4.74 Å². The Morgan fingerprint density at radius 3 is 1.20 bits per heavy atom. The first-order valence-electron chi connectivity index (χ1n) is 11.6. The number of hydrogen-bond acceptors (Lipinski definition) is 2. The van der Waals surface area contributed by atoms with Gasteiger partial charge in [-0.15, -0.1) is 0 Å². The first kappa shape index (κ1) is 24.9. The largest absolute Gasteiger partial charge is 0.383 e. The lowest BCUT2D eigenvalue weighted by Crippen LogP contribution is -2.20. The molecule has 1 N–H and O–H groups in total. The second kappa shape index (κ2) is 23.9. The molecule has 0 aromatic heterocycles. The second-order valence-corrected chi connectivity index (χ2v) is 7.75. The van der Waals surface area contributed by atoms with Crippen molar-refractivity contribution < 1.29 is 4.74 Å². The van der Waals surface area contributed by atoms with E-state index in [-0.39, 0.29) is 0 Å². The van der Waals surface area contributed by atoms with Crippen LogP contribution in [0.4, 0.5) is 0 Å². The molecule has 0 saturated carbocycles. The minimum Gasteiger partial charge on any atom is -0.383 e. The summed E-state index contributed by atoms with van der Waals surface area (Å²) in [5.74, 6) is 0. The zero-order chi connectivity index (χ0) is 18.3. The van der Waals surface area contributed by atoms with E-state index < -0.39 is 0 Å². The topological polar surface area (TPSA) is 21.3 Å². The smallest absolute Gasteiger partial charge is 0.0587 e. The predicted octanol–water partition coefficient (Wildman–Crippen LogP) is 7.26. The van der Waals surface area contributed by atoms with Crippen LogP contribution in [0.2, 0.25) is 0 Å². The minimum atomic E-state index is 0.832. The lowest BCUT2D eigenvalue weighted by molar-refractivity contribution is 0.199. The van der Waals surface area contributed by atoms with Crippen LogP contribution < -0.4 is 5.32 Å². The Bertz CT molecular complexity index is 198. The van der Waals surface area contributed by atoms with Gasteiger partial charge in [-0.2, -0.15) is 0 Å². The van der Waals surface area contributed by atoms with Crippen molar-refractivity contribution in [3.05, 3.63) is 0 Å². The van der Waals surface area contributed by atoms with Gasteiger partial charge in [0.15, 0.2) is 0 Å². The molecule has 2 heteroatoms. The monoisotopic (exact) mass is 355 g/mol. The summed E-state index contributed by atoms with van der Waals surface area (Å²) in [6.45, 7) is 5.28. The highest BCUT2D eigenvalue weighted by Gasteiger charge is 1.95. The SMILES string of the molecule is CCCCCCCCCCCCCCCCCCCCNCCOC. The Morgan fingerprint density at radius 2 is 0.840 bits per heavy atom. The van der Waals surface area contributed by atoms with Crippen molar-refractivity contribution in [3.63, 3.8) is 0 Å². The molecule has 0 aliphatic heterocycles. The molecule has 0 amide bonds. The molecule has 0 saturated heterocycles. The Kier molecular flexibility index (Phi) is 23.8. The molecule has 0 atom stereocenters.